The van der Waals surface area contributed by atoms with E-state index in [0.717, 1.165) is 31.9 Å². The maximum atomic E-state index is 12.9. The molecule has 0 aliphatic carbocycles. The van der Waals surface area contributed by atoms with Crippen molar-refractivity contribution in [2.75, 3.05) is 39.3 Å². The van der Waals surface area contributed by atoms with Crippen LogP contribution in [0.15, 0.2) is 17.6 Å². The number of aromatic nitrogens is 3. The Labute approximate surface area is 152 Å². The molecule has 1 aliphatic heterocycles. The van der Waals surface area contributed by atoms with Crippen LogP contribution < -0.4 is 5.32 Å². The van der Waals surface area contributed by atoms with Gasteiger partial charge in [0.15, 0.2) is 5.96 Å². The number of aryl methyl sites for hydroxylation is 1. The van der Waals surface area contributed by atoms with Crippen LogP contribution in [-0.2, 0) is 6.54 Å². The third-order valence-corrected chi connectivity index (χ3v) is 4.52. The molecular formula is C16H28F3N7. The van der Waals surface area contributed by atoms with Gasteiger partial charge in [0.2, 0.25) is 0 Å². The Morgan fingerprint density at radius 2 is 1.81 bits per heavy atom. The minimum absolute atomic E-state index is 0.388. The van der Waals surface area contributed by atoms with E-state index in [2.05, 4.69) is 20.5 Å². The fourth-order valence-electron chi connectivity index (χ4n) is 2.88. The number of hydrogen-bond donors (Lipinski definition) is 1. The van der Waals surface area contributed by atoms with Crippen molar-refractivity contribution in [1.82, 2.24) is 29.9 Å². The van der Waals surface area contributed by atoms with Gasteiger partial charge in [-0.2, -0.15) is 13.2 Å². The molecular weight excluding hydrogens is 347 g/mol. The summed E-state index contributed by atoms with van der Waals surface area (Å²) >= 11 is 0. The molecule has 7 nitrogen and oxygen atoms in total. The number of halogens is 3. The Morgan fingerprint density at radius 3 is 2.38 bits per heavy atom. The zero-order chi connectivity index (χ0) is 19.0. The first-order chi connectivity index (χ1) is 12.4. The van der Waals surface area contributed by atoms with Crippen molar-refractivity contribution < 1.29 is 13.2 Å². The van der Waals surface area contributed by atoms with Crippen molar-refractivity contribution in [2.24, 2.45) is 4.99 Å². The summed E-state index contributed by atoms with van der Waals surface area (Å²) in [5.74, 6) is 0.788. The van der Waals surface area contributed by atoms with Crippen molar-refractivity contribution in [3.8, 4) is 0 Å². The second-order valence-electron chi connectivity index (χ2n) is 6.38. The fraction of sp³-hybridized carbons (Fsp3) is 0.812. The average molecular weight is 375 g/mol. The van der Waals surface area contributed by atoms with E-state index in [-0.39, 0.29) is 0 Å². The van der Waals surface area contributed by atoms with E-state index in [1.54, 1.807) is 12.7 Å². The number of guanidine groups is 1. The summed E-state index contributed by atoms with van der Waals surface area (Å²) in [6, 6.07) is -1.40. The van der Waals surface area contributed by atoms with Gasteiger partial charge in [-0.15, -0.1) is 10.2 Å². The Balaban J connectivity index is 1.77. The number of piperazine rings is 1. The third kappa shape index (κ3) is 6.15. The monoisotopic (exact) mass is 375 g/mol. The standard InChI is InChI=1S/C16H28F3N7/c1-3-20-15(21-6-4-5-7-24-12-22-23-13-24)26-10-8-25(9-11-26)14(2)16(17,18)19/h12-14H,3-11H2,1-2H3,(H,20,21). The van der Waals surface area contributed by atoms with Crippen LogP contribution in [0.25, 0.3) is 0 Å². The molecule has 1 fully saturated rings. The highest BCUT2D eigenvalue weighted by Crippen LogP contribution is 2.25. The van der Waals surface area contributed by atoms with E-state index in [4.69, 9.17) is 0 Å². The minimum Gasteiger partial charge on any atom is -0.357 e. The maximum Gasteiger partial charge on any atom is 0.403 e. The molecule has 1 N–H and O–H groups in total. The Bertz CT molecular complexity index is 537. The lowest BCUT2D eigenvalue weighted by molar-refractivity contribution is -0.181. The van der Waals surface area contributed by atoms with Gasteiger partial charge in [0.1, 0.15) is 18.7 Å². The van der Waals surface area contributed by atoms with Crippen molar-refractivity contribution in [3.63, 3.8) is 0 Å². The Hall–Kier alpha value is -1.84. The van der Waals surface area contributed by atoms with E-state index < -0.39 is 12.2 Å². The molecule has 0 radical (unpaired) electrons. The molecule has 148 valence electrons. The van der Waals surface area contributed by atoms with Gasteiger partial charge in [0, 0.05) is 45.8 Å². The number of hydrogen-bond acceptors (Lipinski definition) is 4. The third-order valence-electron chi connectivity index (χ3n) is 4.52. The molecule has 2 rings (SSSR count). The largest absolute Gasteiger partial charge is 0.403 e. The summed E-state index contributed by atoms with van der Waals surface area (Å²) in [4.78, 5) is 8.15. The zero-order valence-electron chi connectivity index (χ0n) is 15.4. The molecule has 26 heavy (non-hydrogen) atoms. The highest BCUT2D eigenvalue weighted by atomic mass is 19.4. The van der Waals surface area contributed by atoms with Gasteiger partial charge in [-0.25, -0.2) is 0 Å². The zero-order valence-corrected chi connectivity index (χ0v) is 15.4. The van der Waals surface area contributed by atoms with Crippen molar-refractivity contribution in [2.45, 2.75) is 45.5 Å². The normalized spacial score (nSPS) is 18.2. The number of nitrogens with zero attached hydrogens (tertiary/aromatic N) is 6. The number of alkyl halides is 3. The molecule has 0 saturated carbocycles. The van der Waals surface area contributed by atoms with Crippen molar-refractivity contribution in [3.05, 3.63) is 12.7 Å². The summed E-state index contributed by atoms with van der Waals surface area (Å²) in [5.41, 5.74) is 0. The first-order valence-electron chi connectivity index (χ1n) is 9.08. The Morgan fingerprint density at radius 1 is 1.15 bits per heavy atom. The fourth-order valence-corrected chi connectivity index (χ4v) is 2.88. The van der Waals surface area contributed by atoms with Crippen LogP contribution in [0.2, 0.25) is 0 Å². The van der Waals surface area contributed by atoms with E-state index in [1.165, 1.54) is 11.8 Å². The minimum atomic E-state index is -4.18. The lowest BCUT2D eigenvalue weighted by atomic mass is 10.2. The number of rotatable bonds is 7. The molecule has 0 spiro atoms. The molecule has 1 atom stereocenters. The SMILES string of the molecule is CCNC(=NCCCCn1cnnc1)N1CCN(C(C)C(F)(F)F)CC1. The van der Waals surface area contributed by atoms with Gasteiger partial charge in [0.25, 0.3) is 0 Å². The molecule has 2 heterocycles. The number of unbranched alkanes of at least 4 members (excludes halogenated alkanes) is 1. The first-order valence-corrected chi connectivity index (χ1v) is 9.08. The van der Waals surface area contributed by atoms with Crippen LogP contribution in [0.5, 0.6) is 0 Å². The summed E-state index contributed by atoms with van der Waals surface area (Å²) in [6.07, 6.45) is 1.10. The quantitative estimate of drug-likeness (QED) is 0.446. The molecule has 1 aromatic heterocycles. The predicted molar refractivity (Wildman–Crippen MR) is 93.9 cm³/mol. The maximum absolute atomic E-state index is 12.9. The molecule has 1 aliphatic rings. The van der Waals surface area contributed by atoms with Gasteiger partial charge >= 0.3 is 6.18 Å². The van der Waals surface area contributed by atoms with Crippen LogP contribution >= 0.6 is 0 Å². The second-order valence-corrected chi connectivity index (χ2v) is 6.38. The highest BCUT2D eigenvalue weighted by molar-refractivity contribution is 5.80. The van der Waals surface area contributed by atoms with Gasteiger partial charge in [-0.3, -0.25) is 9.89 Å². The lowest BCUT2D eigenvalue weighted by Crippen LogP contribution is -2.56. The van der Waals surface area contributed by atoms with E-state index >= 15 is 0 Å². The molecule has 0 bridgehead atoms. The van der Waals surface area contributed by atoms with Gasteiger partial charge in [-0.05, 0) is 26.7 Å². The van der Waals surface area contributed by atoms with E-state index in [1.807, 2.05) is 16.4 Å². The van der Waals surface area contributed by atoms with E-state index in [0.29, 0.717) is 32.7 Å². The molecule has 1 unspecified atom stereocenters. The van der Waals surface area contributed by atoms with Crippen LogP contribution in [0.4, 0.5) is 13.2 Å². The molecule has 10 heteroatoms. The average Bonchev–Trinajstić information content (AvgIpc) is 3.13. The Kier molecular flexibility index (Phi) is 7.67. The van der Waals surface area contributed by atoms with Crippen LogP contribution in [0, 0.1) is 0 Å². The van der Waals surface area contributed by atoms with Gasteiger partial charge in [-0.1, -0.05) is 0 Å². The highest BCUT2D eigenvalue weighted by Gasteiger charge is 2.41. The summed E-state index contributed by atoms with van der Waals surface area (Å²) in [7, 11) is 0. The van der Waals surface area contributed by atoms with Crippen LogP contribution in [0.1, 0.15) is 26.7 Å². The molecule has 0 amide bonds. The van der Waals surface area contributed by atoms with Crippen LogP contribution in [0.3, 0.4) is 0 Å². The topological polar surface area (TPSA) is 61.6 Å². The van der Waals surface area contributed by atoms with Crippen LogP contribution in [-0.4, -0.2) is 82.0 Å². The smallest absolute Gasteiger partial charge is 0.357 e. The lowest BCUT2D eigenvalue weighted by Gasteiger charge is -2.39. The molecule has 0 aromatic carbocycles. The van der Waals surface area contributed by atoms with Crippen molar-refractivity contribution in [1.29, 1.82) is 0 Å². The summed E-state index contributed by atoms with van der Waals surface area (Å²) in [5, 5.41) is 10.8. The predicted octanol–water partition coefficient (Wildman–Crippen LogP) is 1.59. The summed E-state index contributed by atoms with van der Waals surface area (Å²) < 4.78 is 40.5. The second kappa shape index (κ2) is 9.75. The number of nitrogens with one attached hydrogen (secondary N) is 1. The summed E-state index contributed by atoms with van der Waals surface area (Å²) in [6.45, 7) is 7.36. The first kappa shape index (κ1) is 20.5. The van der Waals surface area contributed by atoms with Gasteiger partial charge < -0.3 is 14.8 Å². The number of aliphatic imine (C=N–C) groups is 1. The van der Waals surface area contributed by atoms with Crippen molar-refractivity contribution >= 4 is 5.96 Å². The molecule has 1 aromatic rings. The van der Waals surface area contributed by atoms with E-state index in [9.17, 15) is 13.2 Å². The van der Waals surface area contributed by atoms with Gasteiger partial charge in [0.05, 0.1) is 0 Å². The molecule has 1 saturated heterocycles.